The minimum atomic E-state index is -0.413. The first-order valence-electron chi connectivity index (χ1n) is 8.97. The van der Waals surface area contributed by atoms with Crippen molar-refractivity contribution in [2.45, 2.75) is 51.2 Å². The Morgan fingerprint density at radius 3 is 2.88 bits per heavy atom. The van der Waals surface area contributed by atoms with Crippen molar-refractivity contribution in [3.63, 3.8) is 0 Å². The lowest BCUT2D eigenvalue weighted by Crippen LogP contribution is -2.32. The third-order valence-electron chi connectivity index (χ3n) is 5.00. The Bertz CT molecular complexity index is 855. The van der Waals surface area contributed by atoms with Gasteiger partial charge < -0.3 is 10.1 Å². The van der Waals surface area contributed by atoms with Gasteiger partial charge in [-0.2, -0.15) is 10.1 Å². The van der Waals surface area contributed by atoms with Crippen LogP contribution in [0.5, 0.6) is 0 Å². The van der Waals surface area contributed by atoms with Crippen molar-refractivity contribution in [2.24, 2.45) is 0 Å². The normalized spacial score (nSPS) is 20.5. The van der Waals surface area contributed by atoms with E-state index in [-0.39, 0.29) is 12.1 Å². The Balaban J connectivity index is 1.71. The van der Waals surface area contributed by atoms with Crippen LogP contribution in [-0.4, -0.2) is 26.8 Å². The summed E-state index contributed by atoms with van der Waals surface area (Å²) in [4.78, 5) is 17.3. The molecule has 6 nitrogen and oxygen atoms in total. The summed E-state index contributed by atoms with van der Waals surface area (Å²) in [5, 5.41) is 8.09. The molecular formula is C19H21ClN4O2. The quantitative estimate of drug-likeness (QED) is 0.821. The van der Waals surface area contributed by atoms with Gasteiger partial charge in [-0.05, 0) is 50.3 Å². The van der Waals surface area contributed by atoms with Gasteiger partial charge >= 0.3 is 5.97 Å². The van der Waals surface area contributed by atoms with E-state index < -0.39 is 6.04 Å². The molecule has 1 fully saturated rings. The van der Waals surface area contributed by atoms with E-state index in [1.54, 1.807) is 4.68 Å². The first-order valence-corrected chi connectivity index (χ1v) is 9.35. The third-order valence-corrected chi connectivity index (χ3v) is 5.24. The van der Waals surface area contributed by atoms with Crippen LogP contribution >= 0.6 is 11.6 Å². The summed E-state index contributed by atoms with van der Waals surface area (Å²) in [5.41, 5.74) is 2.16. The Kier molecular flexibility index (Phi) is 4.68. The second-order valence-corrected chi connectivity index (χ2v) is 7.25. The summed E-state index contributed by atoms with van der Waals surface area (Å²) >= 11 is 6.19. The topological polar surface area (TPSA) is 69.0 Å². The molecule has 1 N–H and O–H groups in total. The lowest BCUT2D eigenvalue weighted by molar-refractivity contribution is -0.146. The van der Waals surface area contributed by atoms with E-state index in [1.807, 2.05) is 31.2 Å². The largest absolute Gasteiger partial charge is 0.459 e. The van der Waals surface area contributed by atoms with Gasteiger partial charge in [0, 0.05) is 10.7 Å². The number of esters is 1. The van der Waals surface area contributed by atoms with Crippen molar-refractivity contribution in [3.05, 3.63) is 52.4 Å². The molecule has 0 saturated heterocycles. The Morgan fingerprint density at radius 2 is 2.12 bits per heavy atom. The number of ether oxygens (including phenoxy) is 1. The van der Waals surface area contributed by atoms with E-state index in [2.05, 4.69) is 15.4 Å². The van der Waals surface area contributed by atoms with Crippen LogP contribution in [0, 0.1) is 0 Å². The molecule has 0 unspecified atom stereocenters. The van der Waals surface area contributed by atoms with Gasteiger partial charge in [0.15, 0.2) is 0 Å². The number of allylic oxidation sites excluding steroid dienone is 1. The monoisotopic (exact) mass is 372 g/mol. The zero-order chi connectivity index (χ0) is 18.1. The highest BCUT2D eigenvalue weighted by Gasteiger charge is 2.35. The number of aromatic nitrogens is 3. The number of carbonyl (C=O) groups excluding carboxylic acids is 1. The van der Waals surface area contributed by atoms with Gasteiger partial charge in [-0.3, -0.25) is 0 Å². The highest BCUT2D eigenvalue weighted by atomic mass is 35.5. The Labute approximate surface area is 157 Å². The zero-order valence-corrected chi connectivity index (χ0v) is 15.4. The molecule has 2 heterocycles. The first-order chi connectivity index (χ1) is 12.6. The van der Waals surface area contributed by atoms with Crippen molar-refractivity contribution in [1.29, 1.82) is 0 Å². The summed E-state index contributed by atoms with van der Waals surface area (Å²) in [6.07, 6.45) is 6.77. The van der Waals surface area contributed by atoms with Crippen molar-refractivity contribution in [3.8, 4) is 0 Å². The number of nitrogens with zero attached hydrogens (tertiary/aromatic N) is 3. The van der Waals surface area contributed by atoms with E-state index in [4.69, 9.17) is 16.3 Å². The minimum Gasteiger partial charge on any atom is -0.459 e. The molecule has 0 bridgehead atoms. The highest BCUT2D eigenvalue weighted by molar-refractivity contribution is 6.30. The van der Waals surface area contributed by atoms with E-state index in [1.165, 1.54) is 12.7 Å². The summed E-state index contributed by atoms with van der Waals surface area (Å²) < 4.78 is 7.55. The van der Waals surface area contributed by atoms with Crippen LogP contribution in [0.15, 0.2) is 41.9 Å². The summed E-state index contributed by atoms with van der Waals surface area (Å²) in [5.74, 6) is 0.301. The molecule has 2 aromatic rings. The summed E-state index contributed by atoms with van der Waals surface area (Å²) in [6.45, 7) is 1.87. The molecule has 4 rings (SSSR count). The molecule has 1 saturated carbocycles. The molecular weight excluding hydrogens is 352 g/mol. The molecule has 0 amide bonds. The summed E-state index contributed by atoms with van der Waals surface area (Å²) in [6, 6.07) is 7.06. The van der Waals surface area contributed by atoms with Gasteiger partial charge in [0.1, 0.15) is 18.5 Å². The number of rotatable bonds is 3. The van der Waals surface area contributed by atoms with Crippen LogP contribution in [0.25, 0.3) is 0 Å². The number of hydrogen-bond acceptors (Lipinski definition) is 5. The van der Waals surface area contributed by atoms with Gasteiger partial charge in [0.25, 0.3) is 0 Å². The molecule has 1 aliphatic heterocycles. The Hall–Kier alpha value is -2.34. The number of halogens is 1. The molecule has 2 aliphatic rings. The van der Waals surface area contributed by atoms with Gasteiger partial charge in [0.2, 0.25) is 5.95 Å². The molecule has 0 spiro atoms. The van der Waals surface area contributed by atoms with Crippen molar-refractivity contribution >= 4 is 23.5 Å². The fourth-order valence-electron chi connectivity index (χ4n) is 3.74. The highest BCUT2D eigenvalue weighted by Crippen LogP contribution is 2.36. The van der Waals surface area contributed by atoms with Crippen LogP contribution in [-0.2, 0) is 9.53 Å². The maximum absolute atomic E-state index is 13.1. The van der Waals surface area contributed by atoms with E-state index >= 15 is 0 Å². The number of anilines is 1. The summed E-state index contributed by atoms with van der Waals surface area (Å²) in [7, 11) is 0. The van der Waals surface area contributed by atoms with Crippen molar-refractivity contribution in [2.75, 3.05) is 5.32 Å². The van der Waals surface area contributed by atoms with Gasteiger partial charge in [-0.25, -0.2) is 9.48 Å². The Morgan fingerprint density at radius 1 is 1.31 bits per heavy atom. The molecule has 1 aromatic carbocycles. The van der Waals surface area contributed by atoms with Gasteiger partial charge in [0.05, 0.1) is 5.57 Å². The van der Waals surface area contributed by atoms with Crippen LogP contribution in [0.2, 0.25) is 5.02 Å². The maximum atomic E-state index is 13.1. The van der Waals surface area contributed by atoms with Gasteiger partial charge in [-0.15, -0.1) is 0 Å². The second-order valence-electron chi connectivity index (χ2n) is 6.81. The number of fused-ring (bicyclic) bond motifs is 1. The molecule has 1 aliphatic carbocycles. The fraction of sp³-hybridized carbons (Fsp3) is 0.421. The number of nitrogens with one attached hydrogen (secondary N) is 1. The number of carbonyl (C=O) groups is 1. The maximum Gasteiger partial charge on any atom is 0.338 e. The standard InChI is InChI=1S/C19H21ClN4O2/c1-12-16(18(25)26-15-8-3-2-4-9-15)17(13-6-5-7-14(20)10-13)24-19(23-12)21-11-22-24/h5-7,10-11,15,17H,2-4,8-9H2,1H3,(H,21,22,23)/t17-/m0/s1. The first kappa shape index (κ1) is 17.1. The van der Waals surface area contributed by atoms with Gasteiger partial charge in [-0.1, -0.05) is 30.2 Å². The lowest BCUT2D eigenvalue weighted by atomic mass is 9.95. The van der Waals surface area contributed by atoms with Crippen LogP contribution in [0.1, 0.15) is 50.6 Å². The van der Waals surface area contributed by atoms with Crippen LogP contribution in [0.3, 0.4) is 0 Å². The van der Waals surface area contributed by atoms with Crippen LogP contribution < -0.4 is 5.32 Å². The number of benzene rings is 1. The van der Waals surface area contributed by atoms with Crippen molar-refractivity contribution < 1.29 is 9.53 Å². The smallest absolute Gasteiger partial charge is 0.338 e. The molecule has 7 heteroatoms. The lowest BCUT2D eigenvalue weighted by Gasteiger charge is -2.30. The predicted octanol–water partition coefficient (Wildman–Crippen LogP) is 4.10. The zero-order valence-electron chi connectivity index (χ0n) is 14.6. The molecule has 1 aromatic heterocycles. The average molecular weight is 373 g/mol. The van der Waals surface area contributed by atoms with E-state index in [9.17, 15) is 4.79 Å². The predicted molar refractivity (Wildman–Crippen MR) is 98.9 cm³/mol. The van der Waals surface area contributed by atoms with E-state index in [0.717, 1.165) is 36.9 Å². The molecule has 0 radical (unpaired) electrons. The average Bonchev–Trinajstić information content (AvgIpc) is 3.09. The second kappa shape index (κ2) is 7.11. The minimum absolute atomic E-state index is 0.00583. The van der Waals surface area contributed by atoms with Crippen molar-refractivity contribution in [1.82, 2.24) is 14.8 Å². The number of hydrogen-bond donors (Lipinski definition) is 1. The third kappa shape index (κ3) is 3.21. The molecule has 136 valence electrons. The van der Waals surface area contributed by atoms with Crippen LogP contribution in [0.4, 0.5) is 5.95 Å². The molecule has 26 heavy (non-hydrogen) atoms. The SMILES string of the molecule is CC1=C(C(=O)OC2CCCCC2)[C@H](c2cccc(Cl)c2)n2ncnc2N1. The fourth-order valence-corrected chi connectivity index (χ4v) is 3.94. The molecule has 1 atom stereocenters. The van der Waals surface area contributed by atoms with E-state index in [0.29, 0.717) is 16.5 Å².